The van der Waals surface area contributed by atoms with Gasteiger partial charge in [-0.3, -0.25) is 0 Å². The van der Waals surface area contributed by atoms with Gasteiger partial charge in [-0.25, -0.2) is 0 Å². The van der Waals surface area contributed by atoms with E-state index in [1.807, 2.05) is 0 Å². The first-order chi connectivity index (χ1) is 16.4. The number of hydrogen-bond acceptors (Lipinski definition) is 0. The van der Waals surface area contributed by atoms with E-state index in [9.17, 15) is 0 Å². The molecule has 6 atom stereocenters. The molecule has 0 saturated heterocycles. The molecule has 0 bridgehead atoms. The molecule has 0 aliphatic heterocycles. The minimum Gasteiger partial charge on any atom is -0.340 e. The van der Waals surface area contributed by atoms with Crippen LogP contribution >= 0.6 is 0 Å². The fourth-order valence-electron chi connectivity index (χ4n) is 8.12. The van der Waals surface area contributed by atoms with Gasteiger partial charge < -0.3 is 4.57 Å². The highest BCUT2D eigenvalue weighted by Gasteiger charge is 2.40. The topological polar surface area (TPSA) is 4.93 Å². The summed E-state index contributed by atoms with van der Waals surface area (Å²) in [5.74, 6) is 5.49. The van der Waals surface area contributed by atoms with Crippen molar-refractivity contribution in [2.24, 2.45) is 40.9 Å². The Bertz CT molecular complexity index is 1050. The lowest BCUT2D eigenvalue weighted by Crippen LogP contribution is -2.23. The van der Waals surface area contributed by atoms with Gasteiger partial charge in [-0.15, -0.1) is 0 Å². The normalized spacial score (nSPS) is 30.0. The monoisotopic (exact) mass is 457 g/mol. The van der Waals surface area contributed by atoms with Crippen molar-refractivity contribution in [1.82, 2.24) is 4.57 Å². The van der Waals surface area contributed by atoms with E-state index in [1.54, 1.807) is 0 Å². The summed E-state index contributed by atoms with van der Waals surface area (Å²) in [6, 6.07) is 18.1. The summed E-state index contributed by atoms with van der Waals surface area (Å²) in [5.41, 5.74) is 3.32. The molecule has 2 aromatic carbocycles. The second-order valence-electron chi connectivity index (χ2n) is 13.0. The van der Waals surface area contributed by atoms with Crippen LogP contribution < -0.4 is 0 Å². The van der Waals surface area contributed by atoms with Gasteiger partial charge in [0.25, 0.3) is 0 Å². The standard InChI is InChI=1S/C33H47N/c1-6-23-18-26(17-16-24-20-25(7-2)30(21-24)33(3,4)5)27(19-23)22-34-31-14-10-8-12-28(31)29-13-9-11-15-32(29)34/h8-15,23-27,30H,6-7,16-22H2,1-5H3. The highest BCUT2D eigenvalue weighted by molar-refractivity contribution is 6.07. The van der Waals surface area contributed by atoms with Gasteiger partial charge in [-0.1, -0.05) is 90.3 Å². The Balaban J connectivity index is 1.33. The van der Waals surface area contributed by atoms with Crippen molar-refractivity contribution in [3.8, 4) is 0 Å². The zero-order chi connectivity index (χ0) is 23.9. The maximum Gasteiger partial charge on any atom is 0.0491 e. The van der Waals surface area contributed by atoms with Crippen molar-refractivity contribution in [3.63, 3.8) is 0 Å². The fourth-order valence-corrected chi connectivity index (χ4v) is 8.12. The molecule has 2 aliphatic rings. The largest absolute Gasteiger partial charge is 0.340 e. The average Bonchev–Trinajstić information content (AvgIpc) is 3.52. The Kier molecular flexibility index (Phi) is 6.84. The van der Waals surface area contributed by atoms with Crippen LogP contribution in [0, 0.1) is 40.9 Å². The van der Waals surface area contributed by atoms with Crippen LogP contribution in [0.2, 0.25) is 0 Å². The molecular weight excluding hydrogens is 410 g/mol. The average molecular weight is 458 g/mol. The fraction of sp³-hybridized carbons (Fsp3) is 0.636. The molecule has 0 amide bonds. The van der Waals surface area contributed by atoms with Crippen LogP contribution in [0.4, 0.5) is 0 Å². The zero-order valence-electron chi connectivity index (χ0n) is 22.4. The molecule has 3 aromatic rings. The van der Waals surface area contributed by atoms with Crippen LogP contribution in [0.1, 0.15) is 86.0 Å². The molecule has 1 nitrogen and oxygen atoms in total. The Hall–Kier alpha value is -1.76. The smallest absolute Gasteiger partial charge is 0.0491 e. The third-order valence-electron chi connectivity index (χ3n) is 9.99. The number of benzene rings is 2. The van der Waals surface area contributed by atoms with Crippen LogP contribution in [0.25, 0.3) is 21.8 Å². The Morgan fingerprint density at radius 1 is 0.676 bits per heavy atom. The Morgan fingerprint density at radius 3 is 1.82 bits per heavy atom. The maximum atomic E-state index is 2.67. The summed E-state index contributed by atoms with van der Waals surface area (Å²) in [6.07, 6.45) is 11.5. The minimum absolute atomic E-state index is 0.467. The van der Waals surface area contributed by atoms with Crippen molar-refractivity contribution < 1.29 is 0 Å². The van der Waals surface area contributed by atoms with Crippen molar-refractivity contribution >= 4 is 21.8 Å². The van der Waals surface area contributed by atoms with Crippen LogP contribution in [0.5, 0.6) is 0 Å². The molecule has 1 heterocycles. The van der Waals surface area contributed by atoms with Crippen molar-refractivity contribution in [1.29, 1.82) is 0 Å². The van der Waals surface area contributed by atoms with Crippen LogP contribution in [0.3, 0.4) is 0 Å². The highest BCUT2D eigenvalue weighted by Crippen LogP contribution is 2.50. The van der Waals surface area contributed by atoms with Gasteiger partial charge in [0.15, 0.2) is 0 Å². The summed E-state index contributed by atoms with van der Waals surface area (Å²) in [4.78, 5) is 0. The predicted molar refractivity (Wildman–Crippen MR) is 148 cm³/mol. The van der Waals surface area contributed by atoms with Gasteiger partial charge in [0.05, 0.1) is 0 Å². The molecule has 5 rings (SSSR count). The molecule has 2 fully saturated rings. The Morgan fingerprint density at radius 2 is 1.26 bits per heavy atom. The van der Waals surface area contributed by atoms with E-state index < -0.39 is 0 Å². The van der Waals surface area contributed by atoms with Gasteiger partial charge in [-0.05, 0) is 85.2 Å². The third-order valence-corrected chi connectivity index (χ3v) is 9.99. The first kappa shape index (κ1) is 24.0. The van der Waals surface area contributed by atoms with E-state index in [2.05, 4.69) is 87.7 Å². The van der Waals surface area contributed by atoms with E-state index in [4.69, 9.17) is 0 Å². The number of fused-ring (bicyclic) bond motifs is 3. The summed E-state index contributed by atoms with van der Waals surface area (Å²) in [7, 11) is 0. The second-order valence-corrected chi connectivity index (χ2v) is 13.0. The minimum atomic E-state index is 0.467. The summed E-state index contributed by atoms with van der Waals surface area (Å²) < 4.78 is 2.67. The first-order valence-corrected chi connectivity index (χ1v) is 14.3. The SMILES string of the molecule is CCC1CC(CCC2CC(CC)C(C(C)(C)C)C2)C(Cn2c3ccccc3c3ccccc32)C1. The number of aromatic nitrogens is 1. The van der Waals surface area contributed by atoms with Gasteiger partial charge in [0.2, 0.25) is 0 Å². The molecule has 34 heavy (non-hydrogen) atoms. The summed E-state index contributed by atoms with van der Waals surface area (Å²) in [6.45, 7) is 13.5. The van der Waals surface area contributed by atoms with E-state index in [0.29, 0.717) is 5.41 Å². The van der Waals surface area contributed by atoms with Crippen LogP contribution in [-0.2, 0) is 6.54 Å². The van der Waals surface area contributed by atoms with Gasteiger partial charge >= 0.3 is 0 Å². The predicted octanol–water partition coefficient (Wildman–Crippen LogP) is 9.73. The molecule has 0 radical (unpaired) electrons. The van der Waals surface area contributed by atoms with Crippen LogP contribution in [-0.4, -0.2) is 4.57 Å². The lowest BCUT2D eigenvalue weighted by Gasteiger charge is -2.32. The second kappa shape index (κ2) is 9.71. The van der Waals surface area contributed by atoms with E-state index >= 15 is 0 Å². The zero-order valence-corrected chi connectivity index (χ0v) is 22.4. The molecule has 2 aliphatic carbocycles. The quantitative estimate of drug-likeness (QED) is 0.333. The molecule has 1 heteroatoms. The highest BCUT2D eigenvalue weighted by atomic mass is 15.0. The van der Waals surface area contributed by atoms with Gasteiger partial charge in [-0.2, -0.15) is 0 Å². The summed E-state index contributed by atoms with van der Waals surface area (Å²) in [5, 5.41) is 2.84. The first-order valence-electron chi connectivity index (χ1n) is 14.3. The number of rotatable bonds is 7. The molecule has 1 aromatic heterocycles. The lowest BCUT2D eigenvalue weighted by molar-refractivity contribution is 0.180. The van der Waals surface area contributed by atoms with Crippen LogP contribution in [0.15, 0.2) is 48.5 Å². The van der Waals surface area contributed by atoms with E-state index in [1.165, 1.54) is 79.7 Å². The van der Waals surface area contributed by atoms with Crippen molar-refractivity contribution in [2.45, 2.75) is 92.5 Å². The number of hydrogen-bond donors (Lipinski definition) is 0. The van der Waals surface area contributed by atoms with E-state index in [0.717, 1.165) is 35.5 Å². The molecular formula is C33H47N. The lowest BCUT2D eigenvalue weighted by atomic mass is 9.74. The van der Waals surface area contributed by atoms with E-state index in [-0.39, 0.29) is 0 Å². The van der Waals surface area contributed by atoms with Crippen molar-refractivity contribution in [2.75, 3.05) is 0 Å². The van der Waals surface area contributed by atoms with Gasteiger partial charge in [0, 0.05) is 28.4 Å². The molecule has 2 saturated carbocycles. The Labute approximate surface area is 208 Å². The molecule has 184 valence electrons. The third kappa shape index (κ3) is 4.57. The van der Waals surface area contributed by atoms with Gasteiger partial charge in [0.1, 0.15) is 0 Å². The molecule has 0 spiro atoms. The molecule has 0 N–H and O–H groups in total. The van der Waals surface area contributed by atoms with Crippen molar-refractivity contribution in [3.05, 3.63) is 48.5 Å². The number of para-hydroxylation sites is 2. The maximum absolute atomic E-state index is 2.67. The number of nitrogens with zero attached hydrogens (tertiary/aromatic N) is 1. The molecule has 6 unspecified atom stereocenters. The summed E-state index contributed by atoms with van der Waals surface area (Å²) >= 11 is 0.